The van der Waals surface area contributed by atoms with Gasteiger partial charge in [0.15, 0.2) is 11.6 Å². The molecule has 0 bridgehead atoms. The smallest absolute Gasteiger partial charge is 0.411 e. The second kappa shape index (κ2) is 15.7. The van der Waals surface area contributed by atoms with Gasteiger partial charge in [0.2, 0.25) is 27.7 Å². The number of fused-ring (bicyclic) bond motifs is 3. The fourth-order valence-corrected chi connectivity index (χ4v) is 9.11. The highest BCUT2D eigenvalue weighted by molar-refractivity contribution is 7.91. The third-order valence-corrected chi connectivity index (χ3v) is 14.2. The van der Waals surface area contributed by atoms with Crippen molar-refractivity contribution in [1.82, 2.24) is 24.8 Å². The van der Waals surface area contributed by atoms with Gasteiger partial charge in [-0.15, -0.1) is 0 Å². The average molecular weight is 856 g/mol. The average Bonchev–Trinajstić information content (AvgIpc) is 4.03. The molecule has 4 amide bonds. The first-order chi connectivity index (χ1) is 27.5. The van der Waals surface area contributed by atoms with Gasteiger partial charge < -0.3 is 29.5 Å². The van der Waals surface area contributed by atoms with Crippen LogP contribution >= 0.6 is 0 Å². The minimum atomic E-state index is -5.18. The van der Waals surface area contributed by atoms with E-state index in [1.807, 2.05) is 0 Å². The molecule has 3 heterocycles. The number of alkyl halides is 3. The molecular weight excluding hydrogens is 807 g/mol. The summed E-state index contributed by atoms with van der Waals surface area (Å²) >= 11 is 0. The molecule has 1 aromatic carbocycles. The van der Waals surface area contributed by atoms with Crippen LogP contribution in [-0.2, 0) is 29.1 Å². The van der Waals surface area contributed by atoms with E-state index in [9.17, 15) is 45.5 Å². The number of benzene rings is 1. The Kier molecular flexibility index (Phi) is 11.7. The first kappa shape index (κ1) is 43.8. The number of pyridine rings is 1. The lowest BCUT2D eigenvalue weighted by Crippen LogP contribution is -2.68. The minimum absolute atomic E-state index is 0.00889. The molecule has 2 aromatic rings. The molecule has 3 N–H and O–H groups in total. The lowest BCUT2D eigenvalue weighted by Gasteiger charge is -2.45. The van der Waals surface area contributed by atoms with E-state index in [2.05, 4.69) is 15.0 Å². The van der Waals surface area contributed by atoms with Gasteiger partial charge in [-0.2, -0.15) is 13.2 Å². The fraction of sp³-hybridized carbons (Fsp3) is 0.615. The molecule has 7 atom stereocenters. The van der Waals surface area contributed by atoms with Crippen LogP contribution in [0.5, 0.6) is 11.6 Å². The van der Waals surface area contributed by atoms with E-state index in [1.54, 1.807) is 25.1 Å². The quantitative estimate of drug-likeness (QED) is 0.231. The molecule has 2 aliphatic carbocycles. The molecule has 0 radical (unpaired) electrons. The number of halogens is 4. The number of aromatic nitrogens is 1. The number of carbonyl (C=O) groups excluding carboxylic acids is 3. The molecule has 2 aliphatic heterocycles. The Morgan fingerprint density at radius 2 is 1.90 bits per heavy atom. The van der Waals surface area contributed by atoms with Crippen LogP contribution in [0.1, 0.15) is 79.6 Å². The third-order valence-electron chi connectivity index (χ3n) is 12.0. The Hall–Kier alpha value is -4.72. The maximum atomic E-state index is 15.0. The molecule has 324 valence electrons. The molecule has 15 nitrogen and oxygen atoms in total. The number of hydrogen-bond acceptors (Lipinski definition) is 10. The molecule has 59 heavy (non-hydrogen) atoms. The number of amides is 4. The topological polar surface area (TPSA) is 194 Å². The summed E-state index contributed by atoms with van der Waals surface area (Å²) in [5.74, 6) is -4.78. The highest BCUT2D eigenvalue weighted by Crippen LogP contribution is 2.48. The van der Waals surface area contributed by atoms with E-state index >= 15 is 4.79 Å². The zero-order valence-electron chi connectivity index (χ0n) is 33.5. The fourth-order valence-electron chi connectivity index (χ4n) is 7.80. The Morgan fingerprint density at radius 1 is 1.20 bits per heavy atom. The summed E-state index contributed by atoms with van der Waals surface area (Å²) in [5.41, 5.74) is -4.93. The van der Waals surface area contributed by atoms with E-state index in [1.165, 1.54) is 33.2 Å². The van der Waals surface area contributed by atoms with Gasteiger partial charge in [-0.05, 0) is 89.8 Å². The first-order valence-electron chi connectivity index (χ1n) is 19.4. The lowest BCUT2D eigenvalue weighted by atomic mass is 9.95. The molecule has 0 unspecified atom stereocenters. The summed E-state index contributed by atoms with van der Waals surface area (Å²) in [5, 5.41) is 13.8. The van der Waals surface area contributed by atoms with Crippen molar-refractivity contribution in [2.24, 2.45) is 5.92 Å². The van der Waals surface area contributed by atoms with Gasteiger partial charge in [-0.1, -0.05) is 19.1 Å². The second-order valence-corrected chi connectivity index (χ2v) is 18.7. The van der Waals surface area contributed by atoms with Crippen LogP contribution in [0.4, 0.5) is 22.4 Å². The normalized spacial score (nSPS) is 29.2. The van der Waals surface area contributed by atoms with Gasteiger partial charge in [0.25, 0.3) is 5.91 Å². The number of carbonyl (C=O) groups is 4. The Balaban J connectivity index is 1.44. The summed E-state index contributed by atoms with van der Waals surface area (Å²) in [7, 11) is -2.88. The molecule has 1 aromatic heterocycles. The summed E-state index contributed by atoms with van der Waals surface area (Å²) in [4.78, 5) is 61.6. The molecule has 6 rings (SSSR count). The van der Waals surface area contributed by atoms with Crippen LogP contribution in [0.2, 0.25) is 0 Å². The van der Waals surface area contributed by atoms with Crippen LogP contribution in [0.15, 0.2) is 36.5 Å². The Labute approximate surface area is 338 Å². The largest absolute Gasteiger partial charge is 0.494 e. The Bertz CT molecular complexity index is 2150. The Morgan fingerprint density at radius 3 is 2.51 bits per heavy atom. The molecular formula is C39H49F4N5O10S. The van der Waals surface area contributed by atoms with Gasteiger partial charge in [-0.3, -0.25) is 24.0 Å². The maximum absolute atomic E-state index is 15.0. The van der Waals surface area contributed by atoms with Crippen LogP contribution in [0, 0.1) is 11.7 Å². The zero-order chi connectivity index (χ0) is 43.5. The van der Waals surface area contributed by atoms with Crippen LogP contribution in [-0.4, -0.2) is 118 Å². The number of hydrogen-bond donors (Lipinski definition) is 3. The van der Waals surface area contributed by atoms with E-state index < -0.39 is 105 Å². The second-order valence-electron chi connectivity index (χ2n) is 16.5. The van der Waals surface area contributed by atoms with E-state index in [4.69, 9.17) is 14.2 Å². The van der Waals surface area contributed by atoms with Crippen molar-refractivity contribution < 1.29 is 64.5 Å². The predicted octanol–water partition coefficient (Wildman–Crippen LogP) is 4.83. The lowest BCUT2D eigenvalue weighted by molar-refractivity contribution is -0.226. The number of sulfonamides is 1. The van der Waals surface area contributed by atoms with Crippen molar-refractivity contribution in [1.29, 1.82) is 0 Å². The van der Waals surface area contributed by atoms with E-state index in [0.717, 1.165) is 11.0 Å². The van der Waals surface area contributed by atoms with E-state index in [0.29, 0.717) is 38.5 Å². The summed E-state index contributed by atoms with van der Waals surface area (Å²) in [6.07, 6.45) is -5.05. The van der Waals surface area contributed by atoms with Crippen molar-refractivity contribution in [3.63, 3.8) is 0 Å². The van der Waals surface area contributed by atoms with Crippen LogP contribution < -0.4 is 19.5 Å². The summed E-state index contributed by atoms with van der Waals surface area (Å²) < 4.78 is 104. The third kappa shape index (κ3) is 8.25. The van der Waals surface area contributed by atoms with Crippen molar-refractivity contribution in [2.45, 2.75) is 132 Å². The van der Waals surface area contributed by atoms with Gasteiger partial charge in [-0.25, -0.2) is 22.6 Å². The molecule has 2 saturated carbocycles. The highest BCUT2D eigenvalue weighted by atomic mass is 32.2. The van der Waals surface area contributed by atoms with Crippen LogP contribution in [0.3, 0.4) is 0 Å². The number of rotatable bonds is 9. The number of nitrogens with one attached hydrogen (secondary N) is 2. The van der Waals surface area contributed by atoms with Crippen molar-refractivity contribution in [2.75, 3.05) is 13.7 Å². The number of methoxy groups -OCH3 is 1. The van der Waals surface area contributed by atoms with E-state index in [-0.39, 0.29) is 47.6 Å². The van der Waals surface area contributed by atoms with Crippen molar-refractivity contribution in [3.8, 4) is 11.6 Å². The van der Waals surface area contributed by atoms with Gasteiger partial charge in [0.05, 0.1) is 30.6 Å². The molecule has 20 heteroatoms. The number of allylic oxidation sites excluding steroid dienone is 1. The number of ether oxygens (including phenoxy) is 3. The number of nitrogens with zero attached hydrogens (tertiary/aromatic N) is 3. The predicted molar refractivity (Wildman–Crippen MR) is 203 cm³/mol. The molecule has 3 fully saturated rings. The first-order valence-corrected chi connectivity index (χ1v) is 20.9. The summed E-state index contributed by atoms with van der Waals surface area (Å²) in [6, 6.07) is 0.334. The maximum Gasteiger partial charge on any atom is 0.411 e. The molecule has 0 spiro atoms. The highest BCUT2D eigenvalue weighted by Gasteiger charge is 2.64. The van der Waals surface area contributed by atoms with Gasteiger partial charge in [0, 0.05) is 23.9 Å². The monoisotopic (exact) mass is 855 g/mol. The summed E-state index contributed by atoms with van der Waals surface area (Å²) in [6.45, 7) is 5.39. The van der Waals surface area contributed by atoms with Crippen molar-refractivity contribution >= 4 is 44.6 Å². The SMILES string of the molecule is CC[C@@H]1O[C@H](C)CC/C=C\[C@@H]2C[C@@]2(C(=O)NS(=O)(=O)C2(C)CC2)NC(=O)[C@@H]2C[C@@H](Oc3nccc4cc(OC)c(F)cc34)CN2C(=O)[C@H]1N(C(=O)O)C(C)(C)C(F)(F)F. The minimum Gasteiger partial charge on any atom is -0.494 e. The molecule has 4 aliphatic rings. The zero-order valence-corrected chi connectivity index (χ0v) is 34.3. The molecule has 1 saturated heterocycles. The number of carboxylic acid groups (broad SMARTS) is 1. The van der Waals surface area contributed by atoms with Crippen molar-refractivity contribution in [3.05, 3.63) is 42.4 Å². The van der Waals surface area contributed by atoms with Crippen LogP contribution in [0.25, 0.3) is 10.8 Å². The van der Waals surface area contributed by atoms with Gasteiger partial charge in [0.1, 0.15) is 29.3 Å². The standard InChI is InChI=1S/C39H49F4N5O10S/c1-7-28-30(48(35(52)53)36(3,4)39(41,42)43)33(50)47-20-24(58-32-25-18-26(40)29(56-6)16-22(25)12-15-44-32)17-27(47)31(49)45-38(19-23(38)11-9-8-10-21(2)57-28)34(51)46-59(54,55)37(5)13-14-37/h9,11-12,15-16,18,21,23-24,27-28,30H,7-8,10,13-14,17,19-20H2,1-6H3,(H,45,49)(H,46,51)(H,52,53)/b11-9-/t21-,23-,24-,27+,28+,30+,38-/m1/s1. The van der Waals surface area contributed by atoms with Gasteiger partial charge >= 0.3 is 12.3 Å².